The zero-order chi connectivity index (χ0) is 21.4. The van der Waals surface area contributed by atoms with E-state index in [0.717, 1.165) is 22.2 Å². The first kappa shape index (κ1) is 18.7. The van der Waals surface area contributed by atoms with Crippen LogP contribution in [0.5, 0.6) is 0 Å². The third kappa shape index (κ3) is 3.44. The summed E-state index contributed by atoms with van der Waals surface area (Å²) in [5.41, 5.74) is 4.51. The molecule has 8 heteroatoms. The maximum atomic E-state index is 13.1. The number of pyridine rings is 1. The van der Waals surface area contributed by atoms with Crippen LogP contribution in [0.1, 0.15) is 15.9 Å². The van der Waals surface area contributed by atoms with E-state index >= 15 is 0 Å². The summed E-state index contributed by atoms with van der Waals surface area (Å²) in [5, 5.41) is 10.0. The number of anilines is 1. The van der Waals surface area contributed by atoms with Crippen LogP contribution in [0.2, 0.25) is 0 Å². The van der Waals surface area contributed by atoms with Gasteiger partial charge in [0.1, 0.15) is 12.0 Å². The molecule has 5 aromatic rings. The molecule has 152 valence electrons. The van der Waals surface area contributed by atoms with E-state index in [2.05, 4.69) is 20.7 Å². The van der Waals surface area contributed by atoms with Crippen molar-refractivity contribution < 1.29 is 13.7 Å². The van der Waals surface area contributed by atoms with Crippen molar-refractivity contribution in [1.29, 1.82) is 0 Å². The van der Waals surface area contributed by atoms with Gasteiger partial charge in [0.25, 0.3) is 5.91 Å². The second-order valence-electron chi connectivity index (χ2n) is 7.03. The van der Waals surface area contributed by atoms with E-state index in [-0.39, 0.29) is 11.7 Å². The average molecular weight is 413 g/mol. The van der Waals surface area contributed by atoms with E-state index in [4.69, 9.17) is 4.52 Å². The number of rotatable bonds is 4. The molecule has 0 saturated heterocycles. The van der Waals surface area contributed by atoms with Crippen LogP contribution in [0.4, 0.5) is 10.1 Å². The lowest BCUT2D eigenvalue weighted by Crippen LogP contribution is -2.13. The Kier molecular flexibility index (Phi) is 4.51. The number of nitrogens with one attached hydrogen (secondary N) is 1. The Labute approximate surface area is 176 Å². The minimum Gasteiger partial charge on any atom is -0.334 e. The van der Waals surface area contributed by atoms with Crippen molar-refractivity contribution in [3.05, 3.63) is 90.1 Å². The summed E-state index contributed by atoms with van der Waals surface area (Å²) in [6.45, 7) is 1.87. The van der Waals surface area contributed by atoms with Crippen molar-refractivity contribution in [2.24, 2.45) is 0 Å². The second kappa shape index (κ2) is 7.49. The minimum atomic E-state index is -0.356. The summed E-state index contributed by atoms with van der Waals surface area (Å²) < 4.78 is 20.2. The molecule has 0 atom stereocenters. The van der Waals surface area contributed by atoms with Crippen molar-refractivity contribution >= 4 is 17.1 Å². The highest BCUT2D eigenvalue weighted by Crippen LogP contribution is 2.29. The van der Waals surface area contributed by atoms with Gasteiger partial charge in [-0.2, -0.15) is 0 Å². The Bertz CT molecular complexity index is 1390. The van der Waals surface area contributed by atoms with Crippen LogP contribution in [0.3, 0.4) is 0 Å². The van der Waals surface area contributed by atoms with Crippen molar-refractivity contribution in [3.8, 4) is 22.7 Å². The number of imidazole rings is 1. The van der Waals surface area contributed by atoms with Crippen molar-refractivity contribution in [2.75, 3.05) is 5.32 Å². The normalized spacial score (nSPS) is 11.0. The molecule has 0 fully saturated rings. The third-order valence-corrected chi connectivity index (χ3v) is 5.05. The summed E-state index contributed by atoms with van der Waals surface area (Å²) in [6.07, 6.45) is 5.12. The first-order valence-electron chi connectivity index (χ1n) is 9.52. The van der Waals surface area contributed by atoms with Crippen molar-refractivity contribution in [1.82, 2.24) is 19.8 Å². The summed E-state index contributed by atoms with van der Waals surface area (Å²) in [7, 11) is 0. The summed E-state index contributed by atoms with van der Waals surface area (Å²) in [6, 6.07) is 15.2. The molecule has 0 spiro atoms. The molecule has 5 rings (SSSR count). The zero-order valence-electron chi connectivity index (χ0n) is 16.4. The lowest BCUT2D eigenvalue weighted by atomic mass is 9.99. The summed E-state index contributed by atoms with van der Waals surface area (Å²) in [5.74, 6) is 0.425. The third-order valence-electron chi connectivity index (χ3n) is 5.05. The maximum absolute atomic E-state index is 13.1. The van der Waals surface area contributed by atoms with Crippen LogP contribution in [-0.4, -0.2) is 25.7 Å². The molecule has 0 aliphatic carbocycles. The van der Waals surface area contributed by atoms with Crippen LogP contribution in [-0.2, 0) is 0 Å². The van der Waals surface area contributed by atoms with Crippen LogP contribution in [0.25, 0.3) is 28.2 Å². The molecule has 1 amide bonds. The summed E-state index contributed by atoms with van der Waals surface area (Å²) >= 11 is 0. The quantitative estimate of drug-likeness (QED) is 0.460. The summed E-state index contributed by atoms with van der Waals surface area (Å²) in [4.78, 5) is 17.3. The molecule has 7 nitrogen and oxygen atoms in total. The maximum Gasteiger partial charge on any atom is 0.255 e. The monoisotopic (exact) mass is 413 g/mol. The molecule has 1 N–H and O–H groups in total. The van der Waals surface area contributed by atoms with E-state index < -0.39 is 0 Å². The Morgan fingerprint density at radius 2 is 1.94 bits per heavy atom. The number of carbonyl (C=O) groups is 1. The first-order valence-corrected chi connectivity index (χ1v) is 9.52. The smallest absolute Gasteiger partial charge is 0.255 e. The molecule has 0 unspecified atom stereocenters. The molecular formula is C23H16FN5O2. The topological polar surface area (TPSA) is 85.3 Å². The van der Waals surface area contributed by atoms with E-state index in [9.17, 15) is 9.18 Å². The number of carbonyl (C=O) groups excluding carboxylic acids is 1. The fourth-order valence-corrected chi connectivity index (χ4v) is 3.48. The second-order valence-corrected chi connectivity index (χ2v) is 7.03. The fraction of sp³-hybridized carbons (Fsp3) is 0.0435. The standard InChI is InChI=1S/C23H16FN5O2/c1-14-4-5-15(11-19(14)23(30)27-17-8-6-16(24)7-9-17)18-3-2-10-29-20(18)12-25-22(29)21-13-26-28-31-21/h2-13H,1H3,(H,27,30). The van der Waals surface area contributed by atoms with Gasteiger partial charge in [-0.05, 0) is 54.4 Å². The van der Waals surface area contributed by atoms with Crippen LogP contribution in [0, 0.1) is 12.7 Å². The lowest BCUT2D eigenvalue weighted by Gasteiger charge is -2.11. The highest BCUT2D eigenvalue weighted by atomic mass is 19.1. The van der Waals surface area contributed by atoms with Gasteiger partial charge in [-0.25, -0.2) is 9.37 Å². The minimum absolute atomic E-state index is 0.264. The highest BCUT2D eigenvalue weighted by Gasteiger charge is 2.16. The number of aromatic nitrogens is 4. The van der Waals surface area contributed by atoms with Crippen molar-refractivity contribution in [2.45, 2.75) is 6.92 Å². The molecule has 0 radical (unpaired) electrons. The Hall–Kier alpha value is -4.33. The number of aryl methyl sites for hydroxylation is 1. The number of halogens is 1. The van der Waals surface area contributed by atoms with Gasteiger partial charge in [0.2, 0.25) is 5.76 Å². The van der Waals surface area contributed by atoms with Gasteiger partial charge in [0.15, 0.2) is 5.82 Å². The Balaban J connectivity index is 1.54. The molecule has 0 aliphatic heterocycles. The van der Waals surface area contributed by atoms with Crippen molar-refractivity contribution in [3.63, 3.8) is 0 Å². The molecule has 3 heterocycles. The molecule has 0 saturated carbocycles. The Morgan fingerprint density at radius 1 is 1.10 bits per heavy atom. The van der Waals surface area contributed by atoms with E-state index in [1.54, 1.807) is 6.20 Å². The SMILES string of the molecule is Cc1ccc(-c2cccn3c(-c4cnno4)ncc23)cc1C(=O)Nc1ccc(F)cc1. The predicted octanol–water partition coefficient (Wildman–Crippen LogP) is 4.75. The number of nitrogens with zero attached hydrogens (tertiary/aromatic N) is 4. The van der Waals surface area contributed by atoms with Gasteiger partial charge in [0.05, 0.1) is 11.7 Å². The van der Waals surface area contributed by atoms with Gasteiger partial charge in [-0.3, -0.25) is 9.20 Å². The van der Waals surface area contributed by atoms with Gasteiger partial charge >= 0.3 is 0 Å². The largest absolute Gasteiger partial charge is 0.334 e. The van der Waals surface area contributed by atoms with Gasteiger partial charge in [0, 0.05) is 28.3 Å². The van der Waals surface area contributed by atoms with Gasteiger partial charge < -0.3 is 9.84 Å². The molecule has 31 heavy (non-hydrogen) atoms. The fourth-order valence-electron chi connectivity index (χ4n) is 3.48. The number of amides is 1. The van der Waals surface area contributed by atoms with Crippen LogP contribution >= 0.6 is 0 Å². The lowest BCUT2D eigenvalue weighted by molar-refractivity contribution is 0.102. The number of hydrogen-bond acceptors (Lipinski definition) is 5. The number of hydrogen-bond donors (Lipinski definition) is 1. The van der Waals surface area contributed by atoms with E-state index in [1.165, 1.54) is 30.5 Å². The molecule has 3 aromatic heterocycles. The van der Waals surface area contributed by atoms with Gasteiger partial charge in [-0.1, -0.05) is 18.2 Å². The molecule has 0 bridgehead atoms. The Morgan fingerprint density at radius 3 is 2.71 bits per heavy atom. The molecule has 0 aliphatic rings. The molecular weight excluding hydrogens is 397 g/mol. The number of fused-ring (bicyclic) bond motifs is 1. The average Bonchev–Trinajstić information content (AvgIpc) is 3.45. The molecule has 2 aromatic carbocycles. The predicted molar refractivity (Wildman–Crippen MR) is 113 cm³/mol. The first-order chi connectivity index (χ1) is 15.1. The number of benzene rings is 2. The van der Waals surface area contributed by atoms with E-state index in [1.807, 2.05) is 47.9 Å². The van der Waals surface area contributed by atoms with E-state index in [0.29, 0.717) is 22.8 Å². The van der Waals surface area contributed by atoms with Crippen LogP contribution < -0.4 is 5.32 Å². The van der Waals surface area contributed by atoms with Crippen LogP contribution in [0.15, 0.2) is 77.7 Å². The highest BCUT2D eigenvalue weighted by molar-refractivity contribution is 6.06. The van der Waals surface area contributed by atoms with Gasteiger partial charge in [-0.15, -0.1) is 5.10 Å². The zero-order valence-corrected chi connectivity index (χ0v) is 16.4.